The molecule has 0 saturated carbocycles. The molecule has 1 aromatic rings. The number of alkyl halides is 1. The molecule has 1 heterocycles. The average molecular weight is 235 g/mol. The van der Waals surface area contributed by atoms with E-state index in [1.807, 2.05) is 11.6 Å². The molecule has 2 nitrogen and oxygen atoms in total. The standard InChI is InChI=1S/C7H11BrN2S/c1-6(8)5-10(2)7-9-3-4-11-7/h3-4,6H,5H2,1-2H3. The van der Waals surface area contributed by atoms with Gasteiger partial charge in [-0.3, -0.25) is 0 Å². The van der Waals surface area contributed by atoms with Crippen LogP contribution in [0.4, 0.5) is 5.13 Å². The molecule has 0 bridgehead atoms. The first-order valence-corrected chi connectivity index (χ1v) is 5.24. The molecule has 0 aliphatic rings. The lowest BCUT2D eigenvalue weighted by Gasteiger charge is -2.16. The topological polar surface area (TPSA) is 16.1 Å². The van der Waals surface area contributed by atoms with Gasteiger partial charge in [-0.15, -0.1) is 11.3 Å². The van der Waals surface area contributed by atoms with Gasteiger partial charge in [0, 0.05) is 30.0 Å². The zero-order chi connectivity index (χ0) is 8.27. The second-order valence-corrected chi connectivity index (χ2v) is 4.91. The summed E-state index contributed by atoms with van der Waals surface area (Å²) in [7, 11) is 2.05. The maximum atomic E-state index is 4.19. The molecule has 0 N–H and O–H groups in total. The van der Waals surface area contributed by atoms with E-state index in [9.17, 15) is 0 Å². The molecule has 0 radical (unpaired) electrons. The smallest absolute Gasteiger partial charge is 0.184 e. The van der Waals surface area contributed by atoms with E-state index in [-0.39, 0.29) is 0 Å². The van der Waals surface area contributed by atoms with Crippen LogP contribution < -0.4 is 4.90 Å². The van der Waals surface area contributed by atoms with Crippen molar-refractivity contribution in [3.05, 3.63) is 11.6 Å². The lowest BCUT2D eigenvalue weighted by atomic mass is 10.4. The van der Waals surface area contributed by atoms with Crippen LogP contribution in [-0.4, -0.2) is 23.4 Å². The molecule has 1 atom stereocenters. The van der Waals surface area contributed by atoms with Crippen molar-refractivity contribution in [1.82, 2.24) is 4.98 Å². The number of rotatable bonds is 3. The van der Waals surface area contributed by atoms with Gasteiger partial charge >= 0.3 is 0 Å². The largest absolute Gasteiger partial charge is 0.350 e. The number of anilines is 1. The molecular weight excluding hydrogens is 224 g/mol. The van der Waals surface area contributed by atoms with Crippen LogP contribution in [0.3, 0.4) is 0 Å². The zero-order valence-corrected chi connectivity index (χ0v) is 9.02. The molecule has 1 aromatic heterocycles. The van der Waals surface area contributed by atoms with Crippen molar-refractivity contribution in [3.63, 3.8) is 0 Å². The lowest BCUT2D eigenvalue weighted by molar-refractivity contribution is 0.872. The average Bonchev–Trinajstić information content (AvgIpc) is 2.35. The molecule has 0 aliphatic heterocycles. The fourth-order valence-corrected chi connectivity index (χ4v) is 1.91. The van der Waals surface area contributed by atoms with Crippen LogP contribution in [0.25, 0.3) is 0 Å². The highest BCUT2D eigenvalue weighted by molar-refractivity contribution is 9.09. The van der Waals surface area contributed by atoms with Crippen molar-refractivity contribution in [3.8, 4) is 0 Å². The Labute approximate surface area is 79.4 Å². The van der Waals surface area contributed by atoms with E-state index in [4.69, 9.17) is 0 Å². The van der Waals surface area contributed by atoms with Crippen LogP contribution in [0.2, 0.25) is 0 Å². The molecule has 0 spiro atoms. The van der Waals surface area contributed by atoms with Gasteiger partial charge in [-0.05, 0) is 0 Å². The van der Waals surface area contributed by atoms with Crippen LogP contribution in [0, 0.1) is 0 Å². The van der Waals surface area contributed by atoms with Gasteiger partial charge in [0.2, 0.25) is 0 Å². The minimum absolute atomic E-state index is 0.511. The Morgan fingerprint density at radius 1 is 1.82 bits per heavy atom. The number of nitrogens with zero attached hydrogens (tertiary/aromatic N) is 2. The van der Waals surface area contributed by atoms with Gasteiger partial charge in [-0.1, -0.05) is 22.9 Å². The van der Waals surface area contributed by atoms with Crippen molar-refractivity contribution < 1.29 is 0 Å². The summed E-state index contributed by atoms with van der Waals surface area (Å²) < 4.78 is 0. The molecule has 11 heavy (non-hydrogen) atoms. The summed E-state index contributed by atoms with van der Waals surface area (Å²) in [6, 6.07) is 0. The van der Waals surface area contributed by atoms with Gasteiger partial charge in [-0.2, -0.15) is 0 Å². The number of thiazole rings is 1. The van der Waals surface area contributed by atoms with Crippen molar-refractivity contribution in [2.75, 3.05) is 18.5 Å². The second kappa shape index (κ2) is 4.07. The highest BCUT2D eigenvalue weighted by Gasteiger charge is 2.05. The van der Waals surface area contributed by atoms with E-state index >= 15 is 0 Å². The van der Waals surface area contributed by atoms with Gasteiger partial charge in [0.25, 0.3) is 0 Å². The molecule has 1 unspecified atom stereocenters. The Bertz CT molecular complexity index is 198. The summed E-state index contributed by atoms with van der Waals surface area (Å²) in [5.41, 5.74) is 0. The molecule has 62 valence electrons. The first-order chi connectivity index (χ1) is 5.20. The van der Waals surface area contributed by atoms with Gasteiger partial charge in [0.15, 0.2) is 5.13 Å². The lowest BCUT2D eigenvalue weighted by Crippen LogP contribution is -2.23. The Hall–Kier alpha value is -0.0900. The van der Waals surface area contributed by atoms with Crippen molar-refractivity contribution in [2.45, 2.75) is 11.8 Å². The molecule has 0 amide bonds. The van der Waals surface area contributed by atoms with Crippen LogP contribution in [0.1, 0.15) is 6.92 Å². The van der Waals surface area contributed by atoms with Crippen LogP contribution >= 0.6 is 27.3 Å². The third-order valence-corrected chi connectivity index (χ3v) is 2.45. The van der Waals surface area contributed by atoms with Crippen molar-refractivity contribution in [2.24, 2.45) is 0 Å². The Balaban J connectivity index is 2.49. The van der Waals surface area contributed by atoms with Crippen molar-refractivity contribution >= 4 is 32.4 Å². The van der Waals surface area contributed by atoms with Crippen LogP contribution in [0.15, 0.2) is 11.6 Å². The third kappa shape index (κ3) is 2.79. The summed E-state index contributed by atoms with van der Waals surface area (Å²) >= 11 is 5.16. The summed E-state index contributed by atoms with van der Waals surface area (Å²) in [6.07, 6.45) is 1.83. The maximum absolute atomic E-state index is 4.19. The summed E-state index contributed by atoms with van der Waals surface area (Å²) in [5.74, 6) is 0. The van der Waals surface area contributed by atoms with E-state index in [0.717, 1.165) is 11.7 Å². The zero-order valence-electron chi connectivity index (χ0n) is 6.62. The van der Waals surface area contributed by atoms with Gasteiger partial charge in [0.1, 0.15) is 0 Å². The molecule has 1 rings (SSSR count). The van der Waals surface area contributed by atoms with E-state index in [1.54, 1.807) is 11.3 Å². The van der Waals surface area contributed by atoms with E-state index < -0.39 is 0 Å². The molecule has 0 fully saturated rings. The quantitative estimate of drug-likeness (QED) is 0.747. The highest BCUT2D eigenvalue weighted by atomic mass is 79.9. The van der Waals surface area contributed by atoms with Crippen LogP contribution in [0.5, 0.6) is 0 Å². The molecule has 0 aromatic carbocycles. The number of halogens is 1. The second-order valence-electron chi connectivity index (χ2n) is 2.48. The number of aromatic nitrogens is 1. The Morgan fingerprint density at radius 2 is 2.55 bits per heavy atom. The van der Waals surface area contributed by atoms with E-state index in [2.05, 4.69) is 39.8 Å². The third-order valence-electron chi connectivity index (χ3n) is 1.27. The summed E-state index contributed by atoms with van der Waals surface area (Å²) in [6.45, 7) is 3.12. The molecule has 0 aliphatic carbocycles. The number of hydrogen-bond acceptors (Lipinski definition) is 3. The monoisotopic (exact) mass is 234 g/mol. The Morgan fingerprint density at radius 3 is 3.00 bits per heavy atom. The van der Waals surface area contributed by atoms with Crippen molar-refractivity contribution in [1.29, 1.82) is 0 Å². The first-order valence-electron chi connectivity index (χ1n) is 3.45. The van der Waals surface area contributed by atoms with Gasteiger partial charge in [0.05, 0.1) is 0 Å². The van der Waals surface area contributed by atoms with Crippen LogP contribution in [-0.2, 0) is 0 Å². The minimum atomic E-state index is 0.511. The predicted octanol–water partition coefficient (Wildman–Crippen LogP) is 2.36. The SMILES string of the molecule is CC(Br)CN(C)c1nccs1. The van der Waals surface area contributed by atoms with Gasteiger partial charge < -0.3 is 4.90 Å². The molecule has 0 saturated heterocycles. The first kappa shape index (κ1) is 9.00. The predicted molar refractivity (Wildman–Crippen MR) is 53.8 cm³/mol. The summed E-state index contributed by atoms with van der Waals surface area (Å²) in [5, 5.41) is 3.07. The Kier molecular flexibility index (Phi) is 3.33. The molecule has 4 heteroatoms. The fourth-order valence-electron chi connectivity index (χ4n) is 0.860. The minimum Gasteiger partial charge on any atom is -0.350 e. The highest BCUT2D eigenvalue weighted by Crippen LogP contribution is 2.16. The fraction of sp³-hybridized carbons (Fsp3) is 0.571. The number of hydrogen-bond donors (Lipinski definition) is 0. The van der Waals surface area contributed by atoms with E-state index in [0.29, 0.717) is 4.83 Å². The summed E-state index contributed by atoms with van der Waals surface area (Å²) in [4.78, 5) is 6.85. The molecular formula is C7H11BrN2S. The van der Waals surface area contributed by atoms with E-state index in [1.165, 1.54) is 0 Å². The van der Waals surface area contributed by atoms with Gasteiger partial charge in [-0.25, -0.2) is 4.98 Å². The maximum Gasteiger partial charge on any atom is 0.184 e. The normalized spacial score (nSPS) is 13.0.